The Morgan fingerprint density at radius 1 is 1.48 bits per heavy atom. The highest BCUT2D eigenvalue weighted by Gasteiger charge is 2.23. The minimum Gasteiger partial charge on any atom is -0.298 e. The Kier molecular flexibility index (Phi) is 4.49. The smallest absolute Gasteiger partial charge is 0.272 e. The van der Waals surface area contributed by atoms with E-state index in [-0.39, 0.29) is 5.56 Å². The molecule has 1 unspecified atom stereocenters. The molecule has 1 aliphatic rings. The summed E-state index contributed by atoms with van der Waals surface area (Å²) in [6.07, 6.45) is 8.09. The van der Waals surface area contributed by atoms with E-state index >= 15 is 0 Å². The average Bonchev–Trinajstić information content (AvgIpc) is 2.98. The van der Waals surface area contributed by atoms with Crippen LogP contribution >= 0.6 is 0 Å². The van der Waals surface area contributed by atoms with Crippen LogP contribution in [0.4, 0.5) is 0 Å². The van der Waals surface area contributed by atoms with Gasteiger partial charge in [-0.2, -0.15) is 5.26 Å². The van der Waals surface area contributed by atoms with Gasteiger partial charge < -0.3 is 0 Å². The summed E-state index contributed by atoms with van der Waals surface area (Å²) in [6.45, 7) is 2.89. The Balaban J connectivity index is 1.80. The summed E-state index contributed by atoms with van der Waals surface area (Å²) < 4.78 is 1.31. The number of fused-ring (bicyclic) bond motifs is 1. The third-order valence-corrected chi connectivity index (χ3v) is 5.11. The van der Waals surface area contributed by atoms with Gasteiger partial charge >= 0.3 is 0 Å². The van der Waals surface area contributed by atoms with Crippen molar-refractivity contribution in [2.24, 2.45) is 5.92 Å². The Morgan fingerprint density at radius 3 is 2.91 bits per heavy atom. The van der Waals surface area contributed by atoms with E-state index in [2.05, 4.69) is 35.0 Å². The number of aromatic nitrogens is 3. The van der Waals surface area contributed by atoms with Crippen LogP contribution in [0.3, 0.4) is 0 Å². The third kappa shape index (κ3) is 3.15. The highest BCUT2D eigenvalue weighted by molar-refractivity contribution is 5.53. The molecule has 1 N–H and O–H groups in total. The summed E-state index contributed by atoms with van der Waals surface area (Å²) in [6, 6.07) is 4.09. The van der Waals surface area contributed by atoms with Crippen LogP contribution in [0.2, 0.25) is 0 Å². The number of nitrogens with zero attached hydrogens (tertiary/aromatic N) is 4. The quantitative estimate of drug-likeness (QED) is 0.939. The van der Waals surface area contributed by atoms with Crippen molar-refractivity contribution in [3.05, 3.63) is 33.9 Å². The topological polar surface area (TPSA) is 77.2 Å². The van der Waals surface area contributed by atoms with Gasteiger partial charge in [0, 0.05) is 24.8 Å². The van der Waals surface area contributed by atoms with Crippen molar-refractivity contribution >= 4 is 5.65 Å². The molecule has 6 nitrogen and oxygen atoms in total. The molecule has 0 saturated heterocycles. The number of nitriles is 1. The molecule has 0 aliphatic heterocycles. The van der Waals surface area contributed by atoms with Crippen LogP contribution in [0.1, 0.15) is 50.3 Å². The predicted molar refractivity (Wildman–Crippen MR) is 88.0 cm³/mol. The van der Waals surface area contributed by atoms with Gasteiger partial charge in [-0.15, -0.1) is 0 Å². The number of aromatic amines is 1. The van der Waals surface area contributed by atoms with Gasteiger partial charge in [0.1, 0.15) is 11.6 Å². The highest BCUT2D eigenvalue weighted by atomic mass is 16.1. The van der Waals surface area contributed by atoms with E-state index in [1.54, 1.807) is 6.07 Å². The van der Waals surface area contributed by atoms with E-state index in [1.807, 2.05) is 0 Å². The number of nitrogens with one attached hydrogen (secondary N) is 1. The second-order valence-corrected chi connectivity index (χ2v) is 6.60. The predicted octanol–water partition coefficient (Wildman–Crippen LogP) is 2.29. The molecule has 1 aliphatic carbocycles. The summed E-state index contributed by atoms with van der Waals surface area (Å²) >= 11 is 0. The zero-order valence-electron chi connectivity index (χ0n) is 13.7. The van der Waals surface area contributed by atoms with Crippen molar-refractivity contribution in [2.75, 3.05) is 7.05 Å². The van der Waals surface area contributed by atoms with Crippen LogP contribution in [0.25, 0.3) is 5.65 Å². The molecule has 1 fully saturated rings. The molecule has 2 aromatic rings. The van der Waals surface area contributed by atoms with E-state index in [0.29, 0.717) is 23.8 Å². The van der Waals surface area contributed by atoms with Crippen LogP contribution in [0.5, 0.6) is 0 Å². The number of rotatable bonds is 4. The van der Waals surface area contributed by atoms with Crippen molar-refractivity contribution < 1.29 is 0 Å². The van der Waals surface area contributed by atoms with Crippen LogP contribution < -0.4 is 5.56 Å². The van der Waals surface area contributed by atoms with Crippen molar-refractivity contribution in [2.45, 2.75) is 51.6 Å². The second kappa shape index (κ2) is 6.55. The summed E-state index contributed by atoms with van der Waals surface area (Å²) in [5.74, 6) is 0.723. The van der Waals surface area contributed by atoms with Gasteiger partial charge in [0.05, 0.1) is 5.69 Å². The molecular weight excluding hydrogens is 290 g/mol. The lowest BCUT2D eigenvalue weighted by Gasteiger charge is -2.34. The second-order valence-electron chi connectivity index (χ2n) is 6.60. The third-order valence-electron chi connectivity index (χ3n) is 5.11. The first-order chi connectivity index (χ1) is 11.1. The zero-order chi connectivity index (χ0) is 16.4. The Hall–Kier alpha value is -2.13. The molecule has 1 saturated carbocycles. The van der Waals surface area contributed by atoms with Crippen LogP contribution in [0.15, 0.2) is 17.1 Å². The molecule has 2 heterocycles. The van der Waals surface area contributed by atoms with Crippen LogP contribution in [-0.2, 0) is 6.54 Å². The maximum Gasteiger partial charge on any atom is 0.272 e. The minimum absolute atomic E-state index is 0.176. The van der Waals surface area contributed by atoms with Crippen LogP contribution in [0, 0.1) is 17.2 Å². The lowest BCUT2D eigenvalue weighted by molar-refractivity contribution is 0.150. The zero-order valence-corrected chi connectivity index (χ0v) is 13.7. The maximum absolute atomic E-state index is 12.1. The monoisotopic (exact) mass is 313 g/mol. The number of hydrogen-bond acceptors (Lipinski definition) is 4. The molecule has 1 atom stereocenters. The first kappa shape index (κ1) is 15.8. The van der Waals surface area contributed by atoms with E-state index in [0.717, 1.165) is 11.6 Å². The molecule has 0 aromatic carbocycles. The fraction of sp³-hybridized carbons (Fsp3) is 0.588. The number of H-pyrrole nitrogens is 1. The molecule has 0 amide bonds. The molecular formula is C17H23N5O. The first-order valence-electron chi connectivity index (χ1n) is 8.30. The summed E-state index contributed by atoms with van der Waals surface area (Å²) in [5, 5.41) is 11.9. The van der Waals surface area contributed by atoms with Gasteiger partial charge in [-0.25, -0.2) is 9.50 Å². The molecule has 0 bridgehead atoms. The molecule has 23 heavy (non-hydrogen) atoms. The Labute approximate surface area is 135 Å². The van der Waals surface area contributed by atoms with Gasteiger partial charge in [0.25, 0.3) is 5.56 Å². The van der Waals surface area contributed by atoms with E-state index in [4.69, 9.17) is 5.26 Å². The van der Waals surface area contributed by atoms with Gasteiger partial charge in [0.2, 0.25) is 0 Å². The lowest BCUT2D eigenvalue weighted by Crippen LogP contribution is -2.36. The molecule has 2 aromatic heterocycles. The standard InChI is InChI=1S/C17H23N5O/c1-12(13-6-4-3-5-7-13)21(2)11-15-8-16(23)22-17(20-15)14(9-18)10-19-22/h8,10,12-13,19H,3-7,11H2,1-2H3. The van der Waals surface area contributed by atoms with Gasteiger partial charge in [-0.05, 0) is 32.7 Å². The molecule has 0 radical (unpaired) electrons. The normalized spacial score (nSPS) is 17.5. The molecule has 0 spiro atoms. The maximum atomic E-state index is 12.1. The summed E-state index contributed by atoms with van der Waals surface area (Å²) in [7, 11) is 2.09. The van der Waals surface area contributed by atoms with Gasteiger partial charge in [0.15, 0.2) is 5.65 Å². The van der Waals surface area contributed by atoms with Crippen molar-refractivity contribution in [3.63, 3.8) is 0 Å². The van der Waals surface area contributed by atoms with Crippen LogP contribution in [-0.4, -0.2) is 32.6 Å². The van der Waals surface area contributed by atoms with Crippen molar-refractivity contribution in [1.82, 2.24) is 19.5 Å². The van der Waals surface area contributed by atoms with E-state index < -0.39 is 0 Å². The minimum atomic E-state index is -0.176. The first-order valence-corrected chi connectivity index (χ1v) is 8.30. The van der Waals surface area contributed by atoms with Crippen molar-refractivity contribution in [3.8, 4) is 6.07 Å². The fourth-order valence-corrected chi connectivity index (χ4v) is 3.57. The summed E-state index contributed by atoms with van der Waals surface area (Å²) in [5.41, 5.74) is 1.35. The summed E-state index contributed by atoms with van der Waals surface area (Å²) in [4.78, 5) is 18.9. The highest BCUT2D eigenvalue weighted by Crippen LogP contribution is 2.28. The van der Waals surface area contributed by atoms with E-state index in [1.165, 1.54) is 42.8 Å². The van der Waals surface area contributed by atoms with Crippen molar-refractivity contribution in [1.29, 1.82) is 5.26 Å². The fourth-order valence-electron chi connectivity index (χ4n) is 3.57. The Bertz CT molecular complexity index is 778. The Morgan fingerprint density at radius 2 is 2.22 bits per heavy atom. The molecule has 6 heteroatoms. The molecule has 3 rings (SSSR count). The molecule has 122 valence electrons. The SMILES string of the molecule is CC(C1CCCCC1)N(C)Cc1cc(=O)n2[nH]cc(C#N)c2n1. The van der Waals surface area contributed by atoms with Gasteiger partial charge in [-0.3, -0.25) is 14.8 Å². The number of hydrogen-bond donors (Lipinski definition) is 1. The van der Waals surface area contributed by atoms with E-state index in [9.17, 15) is 4.79 Å². The largest absolute Gasteiger partial charge is 0.298 e. The lowest BCUT2D eigenvalue weighted by atomic mass is 9.84. The average molecular weight is 313 g/mol. The van der Waals surface area contributed by atoms with Gasteiger partial charge in [-0.1, -0.05) is 19.3 Å².